The molecule has 15 heavy (non-hydrogen) atoms. The first-order valence-corrected chi connectivity index (χ1v) is 5.34. The highest BCUT2D eigenvalue weighted by Crippen LogP contribution is 2.40. The molecule has 1 heterocycles. The van der Waals surface area contributed by atoms with Crippen LogP contribution in [0.2, 0.25) is 0 Å². The third kappa shape index (κ3) is 1.90. The number of rotatable bonds is 2. The molecule has 0 atom stereocenters. The third-order valence-electron chi connectivity index (χ3n) is 3.13. The van der Waals surface area contributed by atoms with Crippen LogP contribution < -0.4 is 0 Å². The van der Waals surface area contributed by atoms with E-state index in [4.69, 9.17) is 0 Å². The summed E-state index contributed by atoms with van der Waals surface area (Å²) in [6.45, 7) is 3.45. The van der Waals surface area contributed by atoms with Crippen molar-refractivity contribution in [2.75, 3.05) is 0 Å². The smallest absolute Gasteiger partial charge is 0.106 e. The van der Waals surface area contributed by atoms with E-state index in [0.29, 0.717) is 0 Å². The Hall–Kier alpha value is -0.930. The van der Waals surface area contributed by atoms with Gasteiger partial charge >= 0.3 is 0 Å². The van der Waals surface area contributed by atoms with E-state index in [1.807, 2.05) is 12.1 Å². The zero-order valence-electron chi connectivity index (χ0n) is 9.20. The van der Waals surface area contributed by atoms with Gasteiger partial charge in [-0.25, -0.2) is 0 Å². The average Bonchev–Trinajstić information content (AvgIpc) is 2.13. The molecule has 0 aliphatic heterocycles. The van der Waals surface area contributed by atoms with Gasteiger partial charge < -0.3 is 10.2 Å². The molecule has 3 heteroatoms. The van der Waals surface area contributed by atoms with Crippen molar-refractivity contribution in [2.24, 2.45) is 0 Å². The molecule has 82 valence electrons. The quantitative estimate of drug-likeness (QED) is 0.775. The molecule has 1 aromatic rings. The van der Waals surface area contributed by atoms with Gasteiger partial charge in [-0.2, -0.15) is 0 Å². The molecular formula is C12H17NO2. The lowest BCUT2D eigenvalue weighted by Crippen LogP contribution is -2.34. The van der Waals surface area contributed by atoms with E-state index in [1.165, 1.54) is 0 Å². The molecule has 0 spiro atoms. The number of hydrogen-bond acceptors (Lipinski definition) is 3. The number of hydrogen-bond donors (Lipinski definition) is 2. The highest BCUT2D eigenvalue weighted by Gasteiger charge is 2.37. The normalized spacial score (nSPS) is 19.7. The van der Waals surface area contributed by atoms with Gasteiger partial charge in [0.2, 0.25) is 0 Å². The van der Waals surface area contributed by atoms with Gasteiger partial charge in [0.1, 0.15) is 5.60 Å². The van der Waals surface area contributed by atoms with E-state index in [0.717, 1.165) is 30.5 Å². The van der Waals surface area contributed by atoms with Crippen LogP contribution in [-0.4, -0.2) is 15.2 Å². The Morgan fingerprint density at radius 2 is 2.00 bits per heavy atom. The Bertz CT molecular complexity index is 347. The minimum atomic E-state index is -0.867. The van der Waals surface area contributed by atoms with E-state index < -0.39 is 11.2 Å². The maximum absolute atomic E-state index is 10.1. The maximum atomic E-state index is 10.1. The van der Waals surface area contributed by atoms with E-state index in [2.05, 4.69) is 4.98 Å². The molecule has 1 aromatic heterocycles. The lowest BCUT2D eigenvalue weighted by atomic mass is 9.77. The predicted octanol–water partition coefficient (Wildman–Crippen LogP) is 1.68. The van der Waals surface area contributed by atoms with Gasteiger partial charge in [-0.15, -0.1) is 0 Å². The first-order chi connectivity index (χ1) is 6.92. The molecule has 2 rings (SSSR count). The van der Waals surface area contributed by atoms with Gasteiger partial charge in [0.25, 0.3) is 0 Å². The highest BCUT2D eigenvalue weighted by atomic mass is 16.3. The van der Waals surface area contributed by atoms with Gasteiger partial charge in [0.05, 0.1) is 11.3 Å². The van der Waals surface area contributed by atoms with Gasteiger partial charge in [-0.3, -0.25) is 4.98 Å². The minimum Gasteiger partial charge on any atom is -0.386 e. The summed E-state index contributed by atoms with van der Waals surface area (Å²) in [5, 5.41) is 19.8. The lowest BCUT2D eigenvalue weighted by molar-refractivity contribution is -0.0427. The Balaban J connectivity index is 2.24. The minimum absolute atomic E-state index is 0.710. The van der Waals surface area contributed by atoms with Crippen LogP contribution in [0.15, 0.2) is 18.3 Å². The van der Waals surface area contributed by atoms with Crippen LogP contribution in [0.5, 0.6) is 0 Å². The molecule has 1 aliphatic carbocycles. The van der Waals surface area contributed by atoms with Crippen molar-refractivity contribution in [3.05, 3.63) is 29.6 Å². The zero-order valence-corrected chi connectivity index (χ0v) is 9.20. The second-order valence-corrected chi connectivity index (χ2v) is 4.88. The van der Waals surface area contributed by atoms with Crippen molar-refractivity contribution in [3.8, 4) is 0 Å². The van der Waals surface area contributed by atoms with Gasteiger partial charge in [0.15, 0.2) is 0 Å². The summed E-state index contributed by atoms with van der Waals surface area (Å²) in [6.07, 6.45) is 4.29. The lowest BCUT2D eigenvalue weighted by Gasteiger charge is -2.36. The SMILES string of the molecule is CC(C)(O)c1ccc(C2(O)CCC2)nc1. The largest absolute Gasteiger partial charge is 0.386 e. The number of aliphatic hydroxyl groups is 2. The van der Waals surface area contributed by atoms with Crippen LogP contribution in [0.3, 0.4) is 0 Å². The van der Waals surface area contributed by atoms with Gasteiger partial charge in [-0.1, -0.05) is 6.07 Å². The van der Waals surface area contributed by atoms with Crippen LogP contribution in [0.1, 0.15) is 44.4 Å². The third-order valence-corrected chi connectivity index (χ3v) is 3.13. The van der Waals surface area contributed by atoms with E-state index in [-0.39, 0.29) is 0 Å². The van der Waals surface area contributed by atoms with Crippen molar-refractivity contribution >= 4 is 0 Å². The summed E-state index contributed by atoms with van der Waals surface area (Å²) in [4.78, 5) is 4.23. The fraction of sp³-hybridized carbons (Fsp3) is 0.583. The summed E-state index contributed by atoms with van der Waals surface area (Å²) in [6, 6.07) is 3.64. The Morgan fingerprint density at radius 3 is 2.33 bits per heavy atom. The second-order valence-electron chi connectivity index (χ2n) is 4.88. The van der Waals surface area contributed by atoms with Crippen LogP contribution in [0.25, 0.3) is 0 Å². The standard InChI is InChI=1S/C12H17NO2/c1-11(2,14)9-4-5-10(13-8-9)12(15)6-3-7-12/h4-5,8,14-15H,3,6-7H2,1-2H3. The van der Waals surface area contributed by atoms with Crippen molar-refractivity contribution in [2.45, 2.75) is 44.3 Å². The van der Waals surface area contributed by atoms with Crippen molar-refractivity contribution < 1.29 is 10.2 Å². The molecule has 0 radical (unpaired) electrons. The summed E-state index contributed by atoms with van der Waals surface area (Å²) >= 11 is 0. The predicted molar refractivity (Wildman–Crippen MR) is 57.2 cm³/mol. The fourth-order valence-corrected chi connectivity index (χ4v) is 1.80. The average molecular weight is 207 g/mol. The monoisotopic (exact) mass is 207 g/mol. The maximum Gasteiger partial charge on any atom is 0.106 e. The second kappa shape index (κ2) is 3.29. The van der Waals surface area contributed by atoms with Crippen LogP contribution in [-0.2, 0) is 11.2 Å². The summed E-state index contributed by atoms with van der Waals surface area (Å²) in [5.74, 6) is 0. The molecule has 0 saturated heterocycles. The number of aromatic nitrogens is 1. The molecule has 1 fully saturated rings. The topological polar surface area (TPSA) is 53.4 Å². The first-order valence-electron chi connectivity index (χ1n) is 5.34. The van der Waals surface area contributed by atoms with Gasteiger partial charge in [0, 0.05) is 11.8 Å². The van der Waals surface area contributed by atoms with Crippen molar-refractivity contribution in [1.82, 2.24) is 4.98 Å². The Kier molecular flexibility index (Phi) is 2.32. The highest BCUT2D eigenvalue weighted by molar-refractivity contribution is 5.23. The molecular weight excluding hydrogens is 190 g/mol. The first kappa shape index (κ1) is 10.6. The Morgan fingerprint density at radius 1 is 1.33 bits per heavy atom. The Labute approximate surface area is 89.8 Å². The number of nitrogens with zero attached hydrogens (tertiary/aromatic N) is 1. The van der Waals surface area contributed by atoms with E-state index >= 15 is 0 Å². The van der Waals surface area contributed by atoms with Gasteiger partial charge in [-0.05, 0) is 39.2 Å². The molecule has 0 aromatic carbocycles. The number of pyridine rings is 1. The van der Waals surface area contributed by atoms with Crippen LogP contribution in [0, 0.1) is 0 Å². The zero-order chi connectivity index (χ0) is 11.1. The van der Waals surface area contributed by atoms with E-state index in [9.17, 15) is 10.2 Å². The van der Waals surface area contributed by atoms with Crippen LogP contribution >= 0.6 is 0 Å². The summed E-state index contributed by atoms with van der Waals surface area (Å²) in [7, 11) is 0. The molecule has 0 bridgehead atoms. The molecule has 3 nitrogen and oxygen atoms in total. The van der Waals surface area contributed by atoms with Crippen molar-refractivity contribution in [1.29, 1.82) is 0 Å². The molecule has 2 N–H and O–H groups in total. The molecule has 1 saturated carbocycles. The van der Waals surface area contributed by atoms with E-state index in [1.54, 1.807) is 20.0 Å². The van der Waals surface area contributed by atoms with Crippen molar-refractivity contribution in [3.63, 3.8) is 0 Å². The molecule has 1 aliphatic rings. The summed E-state index contributed by atoms with van der Waals surface area (Å²) < 4.78 is 0. The fourth-order valence-electron chi connectivity index (χ4n) is 1.80. The summed E-state index contributed by atoms with van der Waals surface area (Å²) in [5.41, 5.74) is -0.0813. The van der Waals surface area contributed by atoms with Crippen LogP contribution in [0.4, 0.5) is 0 Å². The molecule has 0 unspecified atom stereocenters. The molecule has 0 amide bonds.